The van der Waals surface area contributed by atoms with E-state index in [2.05, 4.69) is 20.9 Å². The molecule has 0 atom stereocenters. The molecule has 0 aliphatic rings. The van der Waals surface area contributed by atoms with Crippen molar-refractivity contribution in [1.82, 2.24) is 4.98 Å². The fraction of sp³-hybridized carbons (Fsp3) is 0.333. The maximum absolute atomic E-state index is 12.7. The van der Waals surface area contributed by atoms with Gasteiger partial charge in [-0.25, -0.2) is 8.78 Å². The predicted molar refractivity (Wildman–Crippen MR) is 56.0 cm³/mol. The molecule has 0 amide bonds. The first-order valence-electron chi connectivity index (χ1n) is 4.26. The van der Waals surface area contributed by atoms with E-state index >= 15 is 0 Å². The lowest BCUT2D eigenvalue weighted by Crippen LogP contribution is -2.20. The van der Waals surface area contributed by atoms with Crippen LogP contribution >= 0.6 is 15.9 Å². The van der Waals surface area contributed by atoms with Crippen LogP contribution in [0.25, 0.3) is 0 Å². The number of hydrogen-bond acceptors (Lipinski definition) is 2. The molecule has 0 spiro atoms. The van der Waals surface area contributed by atoms with E-state index in [-0.39, 0.29) is 16.5 Å². The smallest absolute Gasteiger partial charge is 0.308 e. The van der Waals surface area contributed by atoms with Crippen molar-refractivity contribution in [3.63, 3.8) is 0 Å². The van der Waals surface area contributed by atoms with Crippen molar-refractivity contribution in [1.29, 1.82) is 0 Å². The number of carbonyl (C=O) groups is 1. The summed E-state index contributed by atoms with van der Waals surface area (Å²) in [6, 6.07) is 0. The zero-order valence-electron chi connectivity index (χ0n) is 7.97. The monoisotopic (exact) mass is 295 g/mol. The number of aliphatic carboxylic acids is 1. The minimum Gasteiger partial charge on any atom is -0.481 e. The number of carboxylic acids is 1. The molecule has 16 heavy (non-hydrogen) atoms. The van der Waals surface area contributed by atoms with Crippen LogP contribution in [0.2, 0.25) is 0 Å². The molecule has 0 saturated heterocycles. The van der Waals surface area contributed by atoms with Gasteiger partial charge in [-0.1, -0.05) is 15.9 Å². The molecule has 1 aromatic heterocycles. The molecule has 0 saturated carbocycles. The quantitative estimate of drug-likeness (QED) is 0.833. The maximum atomic E-state index is 12.7. The molecule has 0 fully saturated rings. The summed E-state index contributed by atoms with van der Waals surface area (Å²) in [5.41, 5.74) is -1.49. The van der Waals surface area contributed by atoms with Crippen molar-refractivity contribution in [3.8, 4) is 0 Å². The van der Waals surface area contributed by atoms with Gasteiger partial charge in [0.05, 0.1) is 6.42 Å². The van der Waals surface area contributed by atoms with Gasteiger partial charge in [0.1, 0.15) is 0 Å². The second-order valence-electron chi connectivity index (χ2n) is 3.04. The van der Waals surface area contributed by atoms with Crippen LogP contribution in [-0.4, -0.2) is 16.1 Å². The van der Waals surface area contributed by atoms with Gasteiger partial charge < -0.3 is 10.1 Å². The molecule has 88 valence electrons. The summed E-state index contributed by atoms with van der Waals surface area (Å²) in [4.78, 5) is 24.0. The van der Waals surface area contributed by atoms with Crippen molar-refractivity contribution < 1.29 is 18.7 Å². The molecular formula is C9H8BrF2NO3. The number of halogens is 3. The highest BCUT2D eigenvalue weighted by Crippen LogP contribution is 2.26. The zero-order valence-corrected chi connectivity index (χ0v) is 9.55. The first-order valence-corrected chi connectivity index (χ1v) is 5.38. The van der Waals surface area contributed by atoms with Gasteiger partial charge in [-0.2, -0.15) is 0 Å². The van der Waals surface area contributed by atoms with Gasteiger partial charge in [0.15, 0.2) is 0 Å². The van der Waals surface area contributed by atoms with Crippen molar-refractivity contribution in [2.75, 3.05) is 0 Å². The van der Waals surface area contributed by atoms with Crippen LogP contribution < -0.4 is 5.56 Å². The third-order valence-corrected chi connectivity index (χ3v) is 2.62. The SMILES string of the molecule is O=C(O)Cc1c(C(F)F)c(CBr)c[nH]c1=O. The summed E-state index contributed by atoms with van der Waals surface area (Å²) in [7, 11) is 0. The van der Waals surface area contributed by atoms with Gasteiger partial charge in [0, 0.05) is 22.7 Å². The lowest BCUT2D eigenvalue weighted by atomic mass is 10.0. The highest BCUT2D eigenvalue weighted by atomic mass is 79.9. The van der Waals surface area contributed by atoms with Crippen LogP contribution in [0.15, 0.2) is 11.0 Å². The Morgan fingerprint density at radius 3 is 2.62 bits per heavy atom. The molecule has 0 radical (unpaired) electrons. The van der Waals surface area contributed by atoms with E-state index in [4.69, 9.17) is 5.11 Å². The van der Waals surface area contributed by atoms with Gasteiger partial charge in [-0.15, -0.1) is 0 Å². The molecule has 0 aliphatic heterocycles. The summed E-state index contributed by atoms with van der Waals surface area (Å²) in [5.74, 6) is -1.32. The fourth-order valence-electron chi connectivity index (χ4n) is 1.34. The second kappa shape index (κ2) is 5.20. The Morgan fingerprint density at radius 2 is 2.19 bits per heavy atom. The van der Waals surface area contributed by atoms with E-state index < -0.39 is 29.9 Å². The number of hydrogen-bond donors (Lipinski definition) is 2. The highest BCUT2D eigenvalue weighted by molar-refractivity contribution is 9.08. The largest absolute Gasteiger partial charge is 0.481 e. The topological polar surface area (TPSA) is 70.2 Å². The molecular weight excluding hydrogens is 288 g/mol. The van der Waals surface area contributed by atoms with Crippen LogP contribution in [0.3, 0.4) is 0 Å². The van der Waals surface area contributed by atoms with Crippen LogP contribution in [0.4, 0.5) is 8.78 Å². The highest BCUT2D eigenvalue weighted by Gasteiger charge is 2.21. The van der Waals surface area contributed by atoms with Gasteiger partial charge >= 0.3 is 5.97 Å². The number of H-pyrrole nitrogens is 1. The molecule has 4 nitrogen and oxygen atoms in total. The Labute approximate surface area is 97.4 Å². The first-order chi connectivity index (χ1) is 7.47. The summed E-state index contributed by atoms with van der Waals surface area (Å²) >= 11 is 3.00. The Kier molecular flexibility index (Phi) is 4.17. The Hall–Kier alpha value is -1.24. The standard InChI is InChI=1S/C9H8BrF2NO3/c10-2-4-3-13-9(16)5(1-6(14)15)7(4)8(11)12/h3,8H,1-2H2,(H,13,16)(H,14,15). The predicted octanol–water partition coefficient (Wildman–Crippen LogP) is 1.83. The Morgan fingerprint density at radius 1 is 1.56 bits per heavy atom. The minimum absolute atomic E-state index is 0.121. The average molecular weight is 296 g/mol. The number of rotatable bonds is 4. The molecule has 7 heteroatoms. The van der Waals surface area contributed by atoms with Gasteiger partial charge in [0.2, 0.25) is 0 Å². The maximum Gasteiger partial charge on any atom is 0.308 e. The average Bonchev–Trinajstić information content (AvgIpc) is 2.19. The number of pyridine rings is 1. The summed E-state index contributed by atoms with van der Waals surface area (Å²) in [6.07, 6.45) is -2.43. The van der Waals surface area contributed by atoms with Gasteiger partial charge in [0.25, 0.3) is 12.0 Å². The molecule has 0 unspecified atom stereocenters. The summed E-state index contributed by atoms with van der Waals surface area (Å²) in [5, 5.41) is 8.67. The summed E-state index contributed by atoms with van der Waals surface area (Å²) in [6.45, 7) is 0. The molecule has 1 aromatic rings. The van der Waals surface area contributed by atoms with Gasteiger partial charge in [-0.3, -0.25) is 9.59 Å². The number of aromatic nitrogens is 1. The van der Waals surface area contributed by atoms with Crippen LogP contribution in [0.1, 0.15) is 23.1 Å². The number of alkyl halides is 3. The van der Waals surface area contributed by atoms with E-state index in [9.17, 15) is 18.4 Å². The number of nitrogens with one attached hydrogen (secondary N) is 1. The molecule has 0 bridgehead atoms. The van der Waals surface area contributed by atoms with Crippen molar-refractivity contribution in [2.45, 2.75) is 18.2 Å². The van der Waals surface area contributed by atoms with E-state index in [0.717, 1.165) is 6.20 Å². The first kappa shape index (κ1) is 12.8. The van der Waals surface area contributed by atoms with Crippen molar-refractivity contribution in [3.05, 3.63) is 33.2 Å². The molecule has 1 heterocycles. The van der Waals surface area contributed by atoms with Crippen molar-refractivity contribution >= 4 is 21.9 Å². The Balaban J connectivity index is 3.41. The second-order valence-corrected chi connectivity index (χ2v) is 3.60. The lowest BCUT2D eigenvalue weighted by Gasteiger charge is -2.10. The summed E-state index contributed by atoms with van der Waals surface area (Å²) < 4.78 is 25.5. The van der Waals surface area contributed by atoms with E-state index in [1.807, 2.05) is 0 Å². The van der Waals surface area contributed by atoms with Gasteiger partial charge in [-0.05, 0) is 5.56 Å². The van der Waals surface area contributed by atoms with E-state index in [1.165, 1.54) is 0 Å². The van der Waals surface area contributed by atoms with Crippen LogP contribution in [0, 0.1) is 0 Å². The molecule has 0 aromatic carbocycles. The lowest BCUT2D eigenvalue weighted by molar-refractivity contribution is -0.136. The van der Waals surface area contributed by atoms with E-state index in [0.29, 0.717) is 0 Å². The third-order valence-electron chi connectivity index (χ3n) is 2.01. The molecule has 2 N–H and O–H groups in total. The molecule has 0 aliphatic carbocycles. The normalized spacial score (nSPS) is 10.8. The third kappa shape index (κ3) is 2.66. The van der Waals surface area contributed by atoms with Crippen molar-refractivity contribution in [2.24, 2.45) is 0 Å². The Bertz CT molecular complexity index is 459. The zero-order chi connectivity index (χ0) is 12.3. The number of carboxylic acid groups (broad SMARTS) is 1. The number of aromatic amines is 1. The fourth-order valence-corrected chi connectivity index (χ4v) is 1.81. The van der Waals surface area contributed by atoms with Crippen LogP contribution in [-0.2, 0) is 16.5 Å². The molecule has 1 rings (SSSR count). The van der Waals surface area contributed by atoms with Crippen LogP contribution in [0.5, 0.6) is 0 Å². The van der Waals surface area contributed by atoms with E-state index in [1.54, 1.807) is 0 Å². The minimum atomic E-state index is -2.87.